The Balaban J connectivity index is 1.48. The molecule has 0 aliphatic heterocycles. The van der Waals surface area contributed by atoms with E-state index in [0.717, 1.165) is 5.56 Å². The second-order valence-corrected chi connectivity index (χ2v) is 6.22. The maximum Gasteiger partial charge on any atom is 0.341 e. The number of hydrogen-bond acceptors (Lipinski definition) is 6. The molecule has 3 heterocycles. The molecule has 0 unspecified atom stereocenters. The van der Waals surface area contributed by atoms with Gasteiger partial charge in [-0.15, -0.1) is 0 Å². The molecule has 7 nitrogen and oxygen atoms in total. The maximum atomic E-state index is 12.6. The number of aromatic nitrogens is 4. The van der Waals surface area contributed by atoms with E-state index in [1.54, 1.807) is 36.3 Å². The highest BCUT2D eigenvalue weighted by Gasteiger charge is 2.18. The molecule has 1 aromatic carbocycles. The van der Waals surface area contributed by atoms with E-state index in [-0.39, 0.29) is 6.61 Å². The summed E-state index contributed by atoms with van der Waals surface area (Å²) in [6.45, 7) is 1.88. The van der Waals surface area contributed by atoms with Crippen molar-refractivity contribution in [3.05, 3.63) is 96.2 Å². The van der Waals surface area contributed by atoms with Crippen LogP contribution in [0.15, 0.2) is 79.4 Å². The minimum atomic E-state index is -0.458. The summed E-state index contributed by atoms with van der Waals surface area (Å²) in [5, 5.41) is 4.26. The lowest BCUT2D eigenvalue weighted by molar-refractivity contribution is 0.0470. The smallest absolute Gasteiger partial charge is 0.341 e. The van der Waals surface area contributed by atoms with Gasteiger partial charge in [0.15, 0.2) is 5.82 Å². The Morgan fingerprint density at radius 3 is 2.66 bits per heavy atom. The van der Waals surface area contributed by atoms with E-state index in [0.29, 0.717) is 28.6 Å². The van der Waals surface area contributed by atoms with Gasteiger partial charge in [-0.3, -0.25) is 4.98 Å². The number of carbonyl (C=O) groups excluding carboxylic acids is 1. The molecule has 0 amide bonds. The van der Waals surface area contributed by atoms with Crippen LogP contribution in [0, 0.1) is 6.92 Å². The summed E-state index contributed by atoms with van der Waals surface area (Å²) in [5.41, 5.74) is 1.80. The SMILES string of the molecule is Cc1c(C(=O)OCc2ccccc2Oc2cccnc2)cnn1-c1ccccn1. The predicted molar refractivity (Wildman–Crippen MR) is 106 cm³/mol. The normalized spacial score (nSPS) is 10.5. The monoisotopic (exact) mass is 386 g/mol. The quantitative estimate of drug-likeness (QED) is 0.464. The van der Waals surface area contributed by atoms with E-state index in [2.05, 4.69) is 15.1 Å². The number of esters is 1. The Bertz CT molecular complexity index is 1110. The van der Waals surface area contributed by atoms with Crippen molar-refractivity contribution in [2.24, 2.45) is 0 Å². The van der Waals surface area contributed by atoms with E-state index in [4.69, 9.17) is 9.47 Å². The molecule has 29 heavy (non-hydrogen) atoms. The molecule has 0 bridgehead atoms. The second-order valence-electron chi connectivity index (χ2n) is 6.22. The first-order chi connectivity index (χ1) is 14.2. The lowest BCUT2D eigenvalue weighted by atomic mass is 10.2. The Hall–Kier alpha value is -4.00. The molecule has 0 atom stereocenters. The summed E-state index contributed by atoms with van der Waals surface area (Å²) < 4.78 is 13.0. The van der Waals surface area contributed by atoms with E-state index >= 15 is 0 Å². The van der Waals surface area contributed by atoms with Gasteiger partial charge in [0.2, 0.25) is 0 Å². The largest absolute Gasteiger partial charge is 0.457 e. The summed E-state index contributed by atoms with van der Waals surface area (Å²) in [6, 6.07) is 16.5. The molecule has 0 aliphatic carbocycles. The topological polar surface area (TPSA) is 79.1 Å². The van der Waals surface area contributed by atoms with Crippen molar-refractivity contribution in [1.29, 1.82) is 0 Å². The summed E-state index contributed by atoms with van der Waals surface area (Å²) in [7, 11) is 0. The highest BCUT2D eigenvalue weighted by atomic mass is 16.5. The standard InChI is InChI=1S/C22H18N4O3/c1-16-19(14-25-26(16)21-10-4-5-12-24-21)22(27)28-15-17-7-2-3-9-20(17)29-18-8-6-11-23-13-18/h2-14H,15H2,1H3. The van der Waals surface area contributed by atoms with E-state index in [1.807, 2.05) is 48.5 Å². The third kappa shape index (κ3) is 4.14. The van der Waals surface area contributed by atoms with Crippen LogP contribution in [0.4, 0.5) is 0 Å². The van der Waals surface area contributed by atoms with Gasteiger partial charge in [-0.25, -0.2) is 14.5 Å². The number of hydrogen-bond donors (Lipinski definition) is 0. The van der Waals surface area contributed by atoms with Crippen LogP contribution in [0.5, 0.6) is 11.5 Å². The lowest BCUT2D eigenvalue weighted by Gasteiger charge is -2.11. The molecule has 0 radical (unpaired) electrons. The fraction of sp³-hybridized carbons (Fsp3) is 0.0909. The highest BCUT2D eigenvalue weighted by molar-refractivity contribution is 5.90. The molecule has 0 aliphatic rings. The first-order valence-electron chi connectivity index (χ1n) is 9.01. The van der Waals surface area contributed by atoms with Crippen LogP contribution < -0.4 is 4.74 Å². The van der Waals surface area contributed by atoms with Crippen LogP contribution in [0.25, 0.3) is 5.82 Å². The van der Waals surface area contributed by atoms with Crippen LogP contribution in [0.2, 0.25) is 0 Å². The van der Waals surface area contributed by atoms with Crippen LogP contribution in [0.1, 0.15) is 21.6 Å². The summed E-state index contributed by atoms with van der Waals surface area (Å²) in [6.07, 6.45) is 6.46. The number of para-hydroxylation sites is 1. The number of pyridine rings is 2. The van der Waals surface area contributed by atoms with Crippen molar-refractivity contribution in [2.45, 2.75) is 13.5 Å². The Labute approximate surface area is 167 Å². The molecule has 4 aromatic rings. The first-order valence-corrected chi connectivity index (χ1v) is 9.01. The molecular weight excluding hydrogens is 368 g/mol. The molecular formula is C22H18N4O3. The zero-order valence-corrected chi connectivity index (χ0v) is 15.7. The first kappa shape index (κ1) is 18.4. The predicted octanol–water partition coefficient (Wildman–Crippen LogP) is 4.12. The molecule has 0 saturated carbocycles. The second kappa shape index (κ2) is 8.35. The minimum absolute atomic E-state index is 0.0729. The molecule has 4 rings (SSSR count). The number of benzene rings is 1. The molecule has 0 spiro atoms. The van der Waals surface area contributed by atoms with Gasteiger partial charge in [0.1, 0.15) is 23.7 Å². The minimum Gasteiger partial charge on any atom is -0.457 e. The molecule has 144 valence electrons. The maximum absolute atomic E-state index is 12.6. The molecule has 0 saturated heterocycles. The Morgan fingerprint density at radius 1 is 1.00 bits per heavy atom. The van der Waals surface area contributed by atoms with Gasteiger partial charge in [0.25, 0.3) is 0 Å². The van der Waals surface area contributed by atoms with Gasteiger partial charge in [0, 0.05) is 18.0 Å². The van der Waals surface area contributed by atoms with E-state index in [1.165, 1.54) is 6.20 Å². The van der Waals surface area contributed by atoms with Crippen molar-refractivity contribution in [2.75, 3.05) is 0 Å². The molecule has 7 heteroatoms. The summed E-state index contributed by atoms with van der Waals surface area (Å²) in [5.74, 6) is 1.40. The van der Waals surface area contributed by atoms with Crippen LogP contribution in [0.3, 0.4) is 0 Å². The van der Waals surface area contributed by atoms with Crippen molar-refractivity contribution < 1.29 is 14.3 Å². The average molecular weight is 386 g/mol. The third-order valence-corrected chi connectivity index (χ3v) is 4.29. The van der Waals surface area contributed by atoms with Crippen LogP contribution >= 0.6 is 0 Å². The molecule has 3 aromatic heterocycles. The van der Waals surface area contributed by atoms with Gasteiger partial charge in [-0.1, -0.05) is 24.3 Å². The van der Waals surface area contributed by atoms with Gasteiger partial charge in [-0.2, -0.15) is 5.10 Å². The van der Waals surface area contributed by atoms with Crippen LogP contribution in [-0.2, 0) is 11.3 Å². The van der Waals surface area contributed by atoms with Gasteiger partial charge >= 0.3 is 5.97 Å². The van der Waals surface area contributed by atoms with Crippen molar-refractivity contribution in [3.63, 3.8) is 0 Å². The van der Waals surface area contributed by atoms with Gasteiger partial charge < -0.3 is 9.47 Å². The third-order valence-electron chi connectivity index (χ3n) is 4.29. The van der Waals surface area contributed by atoms with Crippen molar-refractivity contribution in [3.8, 4) is 17.3 Å². The van der Waals surface area contributed by atoms with Gasteiger partial charge in [-0.05, 0) is 37.3 Å². The fourth-order valence-electron chi connectivity index (χ4n) is 2.80. The zero-order valence-electron chi connectivity index (χ0n) is 15.7. The Kier molecular flexibility index (Phi) is 5.29. The molecule has 0 N–H and O–H groups in total. The number of ether oxygens (including phenoxy) is 2. The summed E-state index contributed by atoms with van der Waals surface area (Å²) in [4.78, 5) is 20.9. The zero-order chi connectivity index (χ0) is 20.1. The van der Waals surface area contributed by atoms with Crippen LogP contribution in [-0.4, -0.2) is 25.7 Å². The van der Waals surface area contributed by atoms with E-state index in [9.17, 15) is 4.79 Å². The fourth-order valence-corrected chi connectivity index (χ4v) is 2.80. The van der Waals surface area contributed by atoms with Crippen molar-refractivity contribution in [1.82, 2.24) is 19.7 Å². The molecule has 0 fully saturated rings. The highest BCUT2D eigenvalue weighted by Crippen LogP contribution is 2.25. The number of rotatable bonds is 6. The number of carbonyl (C=O) groups is 1. The number of nitrogens with zero attached hydrogens (tertiary/aromatic N) is 4. The van der Waals surface area contributed by atoms with Gasteiger partial charge in [0.05, 0.1) is 18.1 Å². The van der Waals surface area contributed by atoms with E-state index < -0.39 is 5.97 Å². The Morgan fingerprint density at radius 2 is 1.86 bits per heavy atom. The van der Waals surface area contributed by atoms with Crippen molar-refractivity contribution >= 4 is 5.97 Å². The summed E-state index contributed by atoms with van der Waals surface area (Å²) >= 11 is 0. The average Bonchev–Trinajstić information content (AvgIpc) is 3.16. The lowest BCUT2D eigenvalue weighted by Crippen LogP contribution is -2.08.